The van der Waals surface area contributed by atoms with Gasteiger partial charge in [0.25, 0.3) is 5.91 Å². The van der Waals surface area contributed by atoms with Crippen molar-refractivity contribution in [2.24, 2.45) is 0 Å². The van der Waals surface area contributed by atoms with Crippen LogP contribution in [-0.4, -0.2) is 53.4 Å². The Balaban J connectivity index is 1.10. The van der Waals surface area contributed by atoms with Crippen LogP contribution in [0.4, 0.5) is 0 Å². The van der Waals surface area contributed by atoms with E-state index in [1.807, 2.05) is 49.4 Å². The molecule has 1 fully saturated rings. The highest BCUT2D eigenvalue weighted by Gasteiger charge is 2.40. The number of para-hydroxylation sites is 2. The summed E-state index contributed by atoms with van der Waals surface area (Å²) in [5, 5.41) is 4.04. The fourth-order valence-electron chi connectivity index (χ4n) is 3.66. The standard InChI is InChI=1S/C23H23N3O5/c1-15-5-4-6-17(11-15)28-10-9-21-24-22(31-25-21)16-12-26(13-16)23(27)20-14-29-18-7-2-3-8-19(18)30-20/h2-8,11,16,20H,9-10,12-14H2,1H3. The van der Waals surface area contributed by atoms with Gasteiger partial charge >= 0.3 is 0 Å². The molecule has 2 aliphatic heterocycles. The van der Waals surface area contributed by atoms with Gasteiger partial charge < -0.3 is 23.6 Å². The van der Waals surface area contributed by atoms with Crippen LogP contribution in [-0.2, 0) is 11.2 Å². The van der Waals surface area contributed by atoms with Crippen LogP contribution in [0.2, 0.25) is 0 Å². The molecule has 1 aromatic heterocycles. The van der Waals surface area contributed by atoms with Crippen molar-refractivity contribution in [3.05, 3.63) is 65.8 Å². The molecule has 31 heavy (non-hydrogen) atoms. The van der Waals surface area contributed by atoms with Crippen LogP contribution < -0.4 is 14.2 Å². The minimum Gasteiger partial charge on any atom is -0.493 e. The van der Waals surface area contributed by atoms with Crippen LogP contribution in [0.25, 0.3) is 0 Å². The van der Waals surface area contributed by atoms with Gasteiger partial charge in [-0.15, -0.1) is 0 Å². The zero-order valence-electron chi connectivity index (χ0n) is 17.2. The molecular formula is C23H23N3O5. The van der Waals surface area contributed by atoms with Gasteiger partial charge in [0.15, 0.2) is 17.3 Å². The lowest BCUT2D eigenvalue weighted by Gasteiger charge is -2.39. The van der Waals surface area contributed by atoms with Crippen molar-refractivity contribution in [3.63, 3.8) is 0 Å². The Morgan fingerprint density at radius 1 is 1.16 bits per heavy atom. The molecule has 2 aliphatic rings. The van der Waals surface area contributed by atoms with Crippen LogP contribution in [0.3, 0.4) is 0 Å². The summed E-state index contributed by atoms with van der Waals surface area (Å²) >= 11 is 0. The van der Waals surface area contributed by atoms with E-state index in [9.17, 15) is 4.79 Å². The van der Waals surface area contributed by atoms with E-state index in [-0.39, 0.29) is 18.4 Å². The number of aryl methyl sites for hydroxylation is 1. The second kappa shape index (κ2) is 8.29. The fraction of sp³-hybridized carbons (Fsp3) is 0.348. The fourth-order valence-corrected chi connectivity index (χ4v) is 3.66. The normalized spacial score (nSPS) is 17.8. The summed E-state index contributed by atoms with van der Waals surface area (Å²) in [4.78, 5) is 18.9. The van der Waals surface area contributed by atoms with Gasteiger partial charge in [0.05, 0.1) is 12.5 Å². The topological polar surface area (TPSA) is 86.9 Å². The quantitative estimate of drug-likeness (QED) is 0.605. The first-order chi connectivity index (χ1) is 15.2. The molecule has 3 aromatic rings. The van der Waals surface area contributed by atoms with Crippen molar-refractivity contribution >= 4 is 5.91 Å². The van der Waals surface area contributed by atoms with Crippen LogP contribution in [0.5, 0.6) is 17.2 Å². The highest BCUT2D eigenvalue weighted by molar-refractivity contribution is 5.82. The molecule has 8 nitrogen and oxygen atoms in total. The van der Waals surface area contributed by atoms with Gasteiger partial charge in [-0.3, -0.25) is 4.79 Å². The maximum atomic E-state index is 12.7. The number of ether oxygens (including phenoxy) is 3. The molecule has 0 saturated carbocycles. The predicted molar refractivity (Wildman–Crippen MR) is 110 cm³/mol. The monoisotopic (exact) mass is 421 g/mol. The Bertz CT molecular complexity index is 1080. The molecule has 0 N–H and O–H groups in total. The third-order valence-electron chi connectivity index (χ3n) is 5.39. The van der Waals surface area contributed by atoms with Crippen molar-refractivity contribution in [2.45, 2.75) is 25.4 Å². The summed E-state index contributed by atoms with van der Waals surface area (Å²) < 4.78 is 22.6. The predicted octanol–water partition coefficient (Wildman–Crippen LogP) is 2.77. The van der Waals surface area contributed by atoms with Crippen molar-refractivity contribution in [2.75, 3.05) is 26.3 Å². The molecule has 0 radical (unpaired) electrons. The average Bonchev–Trinajstić information content (AvgIpc) is 3.20. The summed E-state index contributed by atoms with van der Waals surface area (Å²) in [5.41, 5.74) is 1.15. The molecule has 160 valence electrons. The smallest absolute Gasteiger partial charge is 0.267 e. The number of fused-ring (bicyclic) bond motifs is 1. The molecule has 0 aliphatic carbocycles. The first-order valence-electron chi connectivity index (χ1n) is 10.3. The van der Waals surface area contributed by atoms with E-state index in [2.05, 4.69) is 10.1 Å². The lowest BCUT2D eigenvalue weighted by Crippen LogP contribution is -2.55. The van der Waals surface area contributed by atoms with E-state index < -0.39 is 6.10 Å². The number of carbonyl (C=O) groups excluding carboxylic acids is 1. The molecule has 1 amide bonds. The molecule has 8 heteroatoms. The van der Waals surface area contributed by atoms with Crippen LogP contribution in [0, 0.1) is 6.92 Å². The number of carbonyl (C=O) groups is 1. The molecule has 3 heterocycles. The molecular weight excluding hydrogens is 398 g/mol. The summed E-state index contributed by atoms with van der Waals surface area (Å²) in [6.45, 7) is 3.77. The first kappa shape index (κ1) is 19.4. The summed E-state index contributed by atoms with van der Waals surface area (Å²) in [7, 11) is 0. The zero-order chi connectivity index (χ0) is 21.2. The molecule has 1 atom stereocenters. The van der Waals surface area contributed by atoms with Crippen LogP contribution >= 0.6 is 0 Å². The van der Waals surface area contributed by atoms with E-state index >= 15 is 0 Å². The van der Waals surface area contributed by atoms with Crippen LogP contribution in [0.1, 0.15) is 23.2 Å². The maximum Gasteiger partial charge on any atom is 0.267 e. The van der Waals surface area contributed by atoms with Crippen molar-refractivity contribution in [3.8, 4) is 17.2 Å². The third kappa shape index (κ3) is 4.19. The van der Waals surface area contributed by atoms with E-state index in [0.29, 0.717) is 49.3 Å². The number of hydrogen-bond acceptors (Lipinski definition) is 7. The molecule has 1 saturated heterocycles. The zero-order valence-corrected chi connectivity index (χ0v) is 17.2. The van der Waals surface area contributed by atoms with Gasteiger partial charge in [-0.1, -0.05) is 29.4 Å². The molecule has 0 bridgehead atoms. The number of aromatic nitrogens is 2. The van der Waals surface area contributed by atoms with Gasteiger partial charge in [-0.2, -0.15) is 4.98 Å². The Morgan fingerprint density at radius 2 is 2.00 bits per heavy atom. The van der Waals surface area contributed by atoms with E-state index in [0.717, 1.165) is 11.3 Å². The third-order valence-corrected chi connectivity index (χ3v) is 5.39. The van der Waals surface area contributed by atoms with Gasteiger partial charge in [0.2, 0.25) is 12.0 Å². The number of hydrogen-bond donors (Lipinski definition) is 0. The first-order valence-corrected chi connectivity index (χ1v) is 10.3. The summed E-state index contributed by atoms with van der Waals surface area (Å²) in [6, 6.07) is 15.3. The Labute approximate surface area is 179 Å². The van der Waals surface area contributed by atoms with Crippen LogP contribution in [0.15, 0.2) is 53.1 Å². The minimum atomic E-state index is -0.632. The number of benzene rings is 2. The van der Waals surface area contributed by atoms with Crippen molar-refractivity contribution in [1.82, 2.24) is 15.0 Å². The van der Waals surface area contributed by atoms with Crippen molar-refractivity contribution < 1.29 is 23.5 Å². The Hall–Kier alpha value is -3.55. The largest absolute Gasteiger partial charge is 0.493 e. The highest BCUT2D eigenvalue weighted by Crippen LogP contribution is 2.33. The van der Waals surface area contributed by atoms with E-state index in [1.54, 1.807) is 11.0 Å². The lowest BCUT2D eigenvalue weighted by molar-refractivity contribution is -0.146. The second-order valence-corrected chi connectivity index (χ2v) is 7.77. The Kier molecular flexibility index (Phi) is 5.19. The number of likely N-dealkylation sites (tertiary alicyclic amines) is 1. The Morgan fingerprint density at radius 3 is 2.84 bits per heavy atom. The van der Waals surface area contributed by atoms with E-state index in [1.165, 1.54) is 0 Å². The second-order valence-electron chi connectivity index (χ2n) is 7.77. The molecule has 2 aromatic carbocycles. The van der Waals surface area contributed by atoms with Gasteiger partial charge in [-0.25, -0.2) is 0 Å². The number of amides is 1. The average molecular weight is 421 g/mol. The molecule has 1 unspecified atom stereocenters. The minimum absolute atomic E-state index is 0.0414. The van der Waals surface area contributed by atoms with E-state index in [4.69, 9.17) is 18.7 Å². The van der Waals surface area contributed by atoms with Gasteiger partial charge in [0.1, 0.15) is 12.4 Å². The van der Waals surface area contributed by atoms with Crippen molar-refractivity contribution in [1.29, 1.82) is 0 Å². The SMILES string of the molecule is Cc1cccc(OCCc2noc(C3CN(C(=O)C4COc5ccccc5O4)C3)n2)c1. The molecule has 0 spiro atoms. The number of nitrogens with zero attached hydrogens (tertiary/aromatic N) is 3. The van der Waals surface area contributed by atoms with Gasteiger partial charge in [-0.05, 0) is 36.8 Å². The summed E-state index contributed by atoms with van der Waals surface area (Å²) in [6.07, 6.45) is -0.0766. The number of rotatable bonds is 6. The van der Waals surface area contributed by atoms with Gasteiger partial charge in [0, 0.05) is 19.5 Å². The lowest BCUT2D eigenvalue weighted by atomic mass is 9.99. The molecule has 5 rings (SSSR count). The maximum absolute atomic E-state index is 12.7. The summed E-state index contributed by atoms with van der Waals surface area (Å²) in [5.74, 6) is 3.20. The highest BCUT2D eigenvalue weighted by atomic mass is 16.6.